The maximum Gasteiger partial charge on any atom is 0.260 e. The number of amides is 1. The van der Waals surface area contributed by atoms with E-state index in [0.717, 1.165) is 0 Å². The van der Waals surface area contributed by atoms with E-state index in [1.165, 1.54) is 12.3 Å². The molecule has 0 aliphatic heterocycles. The summed E-state index contributed by atoms with van der Waals surface area (Å²) in [5.74, 6) is -0.294. The van der Waals surface area contributed by atoms with Crippen molar-refractivity contribution >= 4 is 5.91 Å². The third-order valence-corrected chi connectivity index (χ3v) is 2.30. The lowest BCUT2D eigenvalue weighted by atomic mass is 10.2. The van der Waals surface area contributed by atoms with Crippen LogP contribution in [0.3, 0.4) is 0 Å². The lowest BCUT2D eigenvalue weighted by Crippen LogP contribution is -2.35. The molecule has 0 unspecified atom stereocenters. The van der Waals surface area contributed by atoms with Crippen molar-refractivity contribution in [3.8, 4) is 0 Å². The highest BCUT2D eigenvalue weighted by atomic mass is 16.3. The zero-order valence-electron chi connectivity index (χ0n) is 9.27. The maximum absolute atomic E-state index is 11.9. The molecule has 0 atom stereocenters. The van der Waals surface area contributed by atoms with E-state index in [9.17, 15) is 9.59 Å². The number of aliphatic hydroxyl groups is 1. The van der Waals surface area contributed by atoms with Crippen molar-refractivity contribution in [2.24, 2.45) is 0 Å². The maximum atomic E-state index is 11.9. The summed E-state index contributed by atoms with van der Waals surface area (Å²) in [5.41, 5.74) is -0.239. The van der Waals surface area contributed by atoms with Crippen LogP contribution in [0.5, 0.6) is 0 Å². The van der Waals surface area contributed by atoms with Gasteiger partial charge in [0.2, 0.25) is 0 Å². The van der Waals surface area contributed by atoms with Crippen LogP contribution in [-0.2, 0) is 0 Å². The quantitative estimate of drug-likeness (QED) is 0.751. The first-order chi connectivity index (χ1) is 7.70. The minimum Gasteiger partial charge on any atom is -0.396 e. The van der Waals surface area contributed by atoms with Crippen molar-refractivity contribution in [2.75, 3.05) is 19.7 Å². The molecule has 0 saturated heterocycles. The average Bonchev–Trinajstić information content (AvgIpc) is 2.30. The van der Waals surface area contributed by atoms with Crippen molar-refractivity contribution < 1.29 is 9.90 Å². The molecule has 1 aromatic rings. The highest BCUT2D eigenvalue weighted by Gasteiger charge is 2.16. The molecule has 0 fully saturated rings. The summed E-state index contributed by atoms with van der Waals surface area (Å²) >= 11 is 0. The summed E-state index contributed by atoms with van der Waals surface area (Å²) in [6, 6.07) is 3.12. The summed E-state index contributed by atoms with van der Waals surface area (Å²) in [4.78, 5) is 27.3. The Labute approximate surface area is 93.7 Å². The highest BCUT2D eigenvalue weighted by Crippen LogP contribution is 2.00. The number of nitrogens with zero attached hydrogens (tertiary/aromatic N) is 1. The van der Waals surface area contributed by atoms with Crippen molar-refractivity contribution in [1.82, 2.24) is 9.88 Å². The second-order valence-electron chi connectivity index (χ2n) is 3.37. The van der Waals surface area contributed by atoms with E-state index in [1.807, 2.05) is 6.92 Å². The van der Waals surface area contributed by atoms with E-state index in [1.54, 1.807) is 11.0 Å². The van der Waals surface area contributed by atoms with Gasteiger partial charge in [0, 0.05) is 25.9 Å². The molecule has 0 aliphatic carbocycles. The van der Waals surface area contributed by atoms with Crippen LogP contribution in [0.15, 0.2) is 23.1 Å². The van der Waals surface area contributed by atoms with Gasteiger partial charge in [-0.2, -0.15) is 0 Å². The number of carbonyl (C=O) groups excluding carboxylic acids is 1. The van der Waals surface area contributed by atoms with Gasteiger partial charge in [-0.15, -0.1) is 0 Å². The first kappa shape index (κ1) is 12.4. The number of aromatic nitrogens is 1. The Bertz CT molecular complexity index is 400. The van der Waals surface area contributed by atoms with Gasteiger partial charge in [-0.1, -0.05) is 0 Å². The van der Waals surface area contributed by atoms with Crippen molar-refractivity contribution in [3.05, 3.63) is 34.2 Å². The molecule has 2 N–H and O–H groups in total. The topological polar surface area (TPSA) is 73.4 Å². The molecule has 0 aromatic carbocycles. The van der Waals surface area contributed by atoms with Crippen LogP contribution >= 0.6 is 0 Å². The molecule has 1 rings (SSSR count). The molecule has 5 heteroatoms. The highest BCUT2D eigenvalue weighted by molar-refractivity contribution is 5.93. The van der Waals surface area contributed by atoms with Gasteiger partial charge >= 0.3 is 0 Å². The Hall–Kier alpha value is -1.62. The molecule has 0 spiro atoms. The number of carbonyl (C=O) groups is 1. The summed E-state index contributed by atoms with van der Waals surface area (Å²) < 4.78 is 0. The fourth-order valence-corrected chi connectivity index (χ4v) is 1.43. The average molecular weight is 224 g/mol. The first-order valence-corrected chi connectivity index (χ1v) is 5.28. The number of rotatable bonds is 5. The number of hydrogen-bond acceptors (Lipinski definition) is 3. The number of aromatic amines is 1. The van der Waals surface area contributed by atoms with E-state index >= 15 is 0 Å². The minimum atomic E-state index is -0.380. The molecule has 1 heterocycles. The number of nitrogens with one attached hydrogen (secondary N) is 1. The van der Waals surface area contributed by atoms with Crippen LogP contribution in [-0.4, -0.2) is 40.6 Å². The SMILES string of the molecule is CCN(CCCO)C(=O)c1ccc[nH]c1=O. The molecule has 0 bridgehead atoms. The van der Waals surface area contributed by atoms with Crippen LogP contribution < -0.4 is 5.56 Å². The standard InChI is InChI=1S/C11H16N2O3/c1-2-13(7-4-8-14)11(16)9-5-3-6-12-10(9)15/h3,5-6,14H,2,4,7-8H2,1H3,(H,12,15). The molecule has 0 radical (unpaired) electrons. The lowest BCUT2D eigenvalue weighted by Gasteiger charge is -2.19. The van der Waals surface area contributed by atoms with Crippen LogP contribution in [0, 0.1) is 0 Å². The normalized spacial score (nSPS) is 10.1. The van der Waals surface area contributed by atoms with Crippen LogP contribution in [0.1, 0.15) is 23.7 Å². The van der Waals surface area contributed by atoms with Gasteiger partial charge in [0.05, 0.1) is 0 Å². The first-order valence-electron chi connectivity index (χ1n) is 5.28. The fourth-order valence-electron chi connectivity index (χ4n) is 1.43. The monoisotopic (exact) mass is 224 g/mol. The summed E-state index contributed by atoms with van der Waals surface area (Å²) in [6.07, 6.45) is 2.01. The van der Waals surface area contributed by atoms with E-state index in [2.05, 4.69) is 4.98 Å². The van der Waals surface area contributed by atoms with E-state index in [-0.39, 0.29) is 23.6 Å². The Balaban J connectivity index is 2.83. The van der Waals surface area contributed by atoms with E-state index in [0.29, 0.717) is 19.5 Å². The predicted molar refractivity (Wildman–Crippen MR) is 60.3 cm³/mol. The van der Waals surface area contributed by atoms with E-state index < -0.39 is 0 Å². The third-order valence-electron chi connectivity index (χ3n) is 2.30. The Morgan fingerprint density at radius 1 is 1.56 bits per heavy atom. The molecule has 16 heavy (non-hydrogen) atoms. The second-order valence-corrected chi connectivity index (χ2v) is 3.37. The van der Waals surface area contributed by atoms with Crippen LogP contribution in [0.2, 0.25) is 0 Å². The van der Waals surface area contributed by atoms with E-state index in [4.69, 9.17) is 5.11 Å². The molecule has 1 amide bonds. The zero-order chi connectivity index (χ0) is 12.0. The largest absolute Gasteiger partial charge is 0.396 e. The summed E-state index contributed by atoms with van der Waals surface area (Å²) in [7, 11) is 0. The molecule has 1 aromatic heterocycles. The lowest BCUT2D eigenvalue weighted by molar-refractivity contribution is 0.0752. The Kier molecular flexibility index (Phi) is 4.72. The van der Waals surface area contributed by atoms with Gasteiger partial charge in [0.25, 0.3) is 11.5 Å². The summed E-state index contributed by atoms with van der Waals surface area (Å²) in [5, 5.41) is 8.71. The molecule has 88 valence electrons. The molecule has 0 aliphatic rings. The summed E-state index contributed by atoms with van der Waals surface area (Å²) in [6.45, 7) is 2.86. The number of aliphatic hydroxyl groups excluding tert-OH is 1. The minimum absolute atomic E-state index is 0.0366. The molecular formula is C11H16N2O3. The van der Waals surface area contributed by atoms with Gasteiger partial charge in [0.1, 0.15) is 5.56 Å². The van der Waals surface area contributed by atoms with Crippen molar-refractivity contribution in [3.63, 3.8) is 0 Å². The third kappa shape index (κ3) is 2.93. The number of hydrogen-bond donors (Lipinski definition) is 2. The van der Waals surface area contributed by atoms with Crippen molar-refractivity contribution in [1.29, 1.82) is 0 Å². The molecular weight excluding hydrogens is 208 g/mol. The predicted octanol–water partition coefficient (Wildman–Crippen LogP) is 0.219. The van der Waals surface area contributed by atoms with Crippen LogP contribution in [0.4, 0.5) is 0 Å². The van der Waals surface area contributed by atoms with Gasteiger partial charge in [-0.3, -0.25) is 9.59 Å². The zero-order valence-corrected chi connectivity index (χ0v) is 9.27. The second kappa shape index (κ2) is 6.07. The van der Waals surface area contributed by atoms with Gasteiger partial charge in [0.15, 0.2) is 0 Å². The number of pyridine rings is 1. The van der Waals surface area contributed by atoms with Gasteiger partial charge in [-0.25, -0.2) is 0 Å². The van der Waals surface area contributed by atoms with Gasteiger partial charge in [-0.05, 0) is 25.5 Å². The smallest absolute Gasteiger partial charge is 0.260 e. The number of H-pyrrole nitrogens is 1. The van der Waals surface area contributed by atoms with Crippen LogP contribution in [0.25, 0.3) is 0 Å². The van der Waals surface area contributed by atoms with Gasteiger partial charge < -0.3 is 15.0 Å². The fraction of sp³-hybridized carbons (Fsp3) is 0.455. The van der Waals surface area contributed by atoms with Crippen molar-refractivity contribution in [2.45, 2.75) is 13.3 Å². The molecule has 0 saturated carbocycles. The molecule has 5 nitrogen and oxygen atoms in total. The Morgan fingerprint density at radius 3 is 2.88 bits per heavy atom. The Morgan fingerprint density at radius 2 is 2.31 bits per heavy atom.